The van der Waals surface area contributed by atoms with Crippen molar-refractivity contribution in [2.24, 2.45) is 29.4 Å². The largest absolute Gasteiger partial charge is 0.505 e. The first-order valence-corrected chi connectivity index (χ1v) is 14.3. The topological polar surface area (TPSA) is 186 Å². The molecule has 1 aromatic carbocycles. The number of nitrogens with one attached hydrogen (secondary N) is 2. The van der Waals surface area contributed by atoms with Gasteiger partial charge in [-0.3, -0.25) is 19.2 Å². The van der Waals surface area contributed by atoms with E-state index in [0.717, 1.165) is 0 Å². The van der Waals surface area contributed by atoms with Crippen LogP contribution in [0.2, 0.25) is 0 Å². The molecule has 0 aliphatic heterocycles. The number of amides is 1. The lowest BCUT2D eigenvalue weighted by atomic mass is 9.52. The van der Waals surface area contributed by atoms with Crippen molar-refractivity contribution >= 4 is 51.8 Å². The maximum Gasteiger partial charge on any atom is 0.230 e. The molecule has 230 valence electrons. The second-order valence-electron chi connectivity index (χ2n) is 13.2. The molecule has 4 rings (SSSR count). The van der Waals surface area contributed by atoms with Crippen molar-refractivity contribution in [1.29, 1.82) is 0 Å². The van der Waals surface area contributed by atoms with E-state index in [1.165, 1.54) is 0 Å². The number of carbonyl (C=O) groups is 4. The fourth-order valence-electron chi connectivity index (χ4n) is 6.90. The third-order valence-electron chi connectivity index (χ3n) is 8.80. The van der Waals surface area contributed by atoms with Gasteiger partial charge in [-0.2, -0.15) is 0 Å². The molecular weight excluding hydrogens is 562 g/mol. The fraction of sp³-hybridized carbons (Fsp3) is 0.621. The maximum atomic E-state index is 14.1. The number of Topliss-reactive ketones (excluding diaryl/α,β-unsaturated/α-hetero) is 3. The minimum atomic E-state index is -2.71. The first kappa shape index (κ1) is 32.0. The molecule has 0 spiro atoms. The molecule has 13 heteroatoms. The van der Waals surface area contributed by atoms with Crippen LogP contribution < -0.4 is 21.3 Å². The van der Waals surface area contributed by atoms with Crippen LogP contribution in [0.1, 0.15) is 43.1 Å². The molecule has 1 amide bonds. The number of thiocarbonyl (C=S) groups is 1. The molecule has 2 fully saturated rings. The summed E-state index contributed by atoms with van der Waals surface area (Å²) in [5, 5.41) is 40.4. The van der Waals surface area contributed by atoms with Gasteiger partial charge in [0.1, 0.15) is 11.7 Å². The van der Waals surface area contributed by atoms with Crippen molar-refractivity contribution in [1.82, 2.24) is 10.2 Å². The summed E-state index contributed by atoms with van der Waals surface area (Å²) in [5.41, 5.74) is 3.79. The number of anilines is 2. The Kier molecular flexibility index (Phi) is 8.33. The van der Waals surface area contributed by atoms with Crippen LogP contribution in [0.3, 0.4) is 0 Å². The Morgan fingerprint density at radius 1 is 1.17 bits per heavy atom. The number of phenolic OH excluding ortho intramolecular Hbond substituents is 1. The van der Waals surface area contributed by atoms with Gasteiger partial charge in [-0.1, -0.05) is 12.2 Å². The van der Waals surface area contributed by atoms with Crippen LogP contribution in [0.5, 0.6) is 5.75 Å². The third kappa shape index (κ3) is 5.11. The lowest BCUT2D eigenvalue weighted by molar-refractivity contribution is -0.190. The van der Waals surface area contributed by atoms with Crippen molar-refractivity contribution in [3.63, 3.8) is 0 Å². The number of carbonyl (C=O) groups excluding carboxylic acids is 4. The molecular formula is C29H41N5O7S. The molecule has 0 saturated heterocycles. The number of primary amides is 1. The van der Waals surface area contributed by atoms with Gasteiger partial charge in [-0.05, 0) is 65.3 Å². The molecule has 12 nitrogen and oxygen atoms in total. The molecule has 1 aromatic rings. The highest BCUT2D eigenvalue weighted by atomic mass is 32.1. The molecule has 0 aromatic heterocycles. The van der Waals surface area contributed by atoms with Crippen LogP contribution in [-0.4, -0.2) is 106 Å². The fourth-order valence-corrected chi connectivity index (χ4v) is 7.09. The maximum absolute atomic E-state index is 14.1. The quantitative estimate of drug-likeness (QED) is 0.144. The van der Waals surface area contributed by atoms with Gasteiger partial charge < -0.3 is 41.5 Å². The second kappa shape index (κ2) is 10.9. The number of phenols is 1. The SMILES string of the molecule is CN(C)c1cc(NC(=S)CNC(C)(C)C)c(O)c2c1C[C@@H]1C[C@@H]3[C@@H](N(C)C)C(O)C(C(N)=O)C(=O)[C@]3(O)C(=O)C1C2=O. The average Bonchev–Trinajstić information content (AvgIpc) is 2.85. The summed E-state index contributed by atoms with van der Waals surface area (Å²) in [6, 6.07) is 0.739. The standard InChI is InChI=1S/C29H41N5O7S/c1-28(2,3)31-11-17(42)32-15-10-16(33(4)5)13-8-12-9-14-21(34(6)7)24(37)20(27(30)40)26(39)29(14,41)25(38)18(12)23(36)19(13)22(15)35/h10,12,14,18,20-21,24,31,35,37,41H,8-9,11H2,1-7H3,(H2,30,40)(H,32,42)/t12-,14-,18?,20?,21-,24?,29-/m1/s1. The van der Waals surface area contributed by atoms with Gasteiger partial charge >= 0.3 is 0 Å². The number of nitrogens with zero attached hydrogens (tertiary/aromatic N) is 2. The number of nitrogens with two attached hydrogens (primary N) is 1. The predicted octanol–water partition coefficient (Wildman–Crippen LogP) is -0.148. The van der Waals surface area contributed by atoms with E-state index >= 15 is 0 Å². The van der Waals surface area contributed by atoms with Crippen molar-refractivity contribution < 1.29 is 34.5 Å². The van der Waals surface area contributed by atoms with E-state index in [0.29, 0.717) is 22.8 Å². The van der Waals surface area contributed by atoms with E-state index < -0.39 is 64.7 Å². The Labute approximate surface area is 250 Å². The number of likely N-dealkylation sites (N-methyl/N-ethyl adjacent to an activating group) is 1. The lowest BCUT2D eigenvalue weighted by Crippen LogP contribution is -2.75. The smallest absolute Gasteiger partial charge is 0.230 e. The van der Waals surface area contributed by atoms with Crippen molar-refractivity contribution in [3.05, 3.63) is 17.2 Å². The van der Waals surface area contributed by atoms with E-state index in [4.69, 9.17) is 18.0 Å². The summed E-state index contributed by atoms with van der Waals surface area (Å²) in [5.74, 6) is -9.48. The van der Waals surface area contributed by atoms with Crippen LogP contribution in [-0.2, 0) is 20.8 Å². The van der Waals surface area contributed by atoms with Gasteiger partial charge in [0.15, 0.2) is 23.0 Å². The van der Waals surface area contributed by atoms with Gasteiger partial charge in [-0.25, -0.2) is 0 Å². The normalized spacial score (nSPS) is 30.9. The molecule has 0 bridgehead atoms. The number of hydrogen-bond donors (Lipinski definition) is 6. The number of rotatable bonds is 6. The van der Waals surface area contributed by atoms with Crippen molar-refractivity contribution in [2.45, 2.75) is 56.9 Å². The van der Waals surface area contributed by atoms with E-state index in [1.54, 1.807) is 44.1 Å². The summed E-state index contributed by atoms with van der Waals surface area (Å²) in [4.78, 5) is 57.7. The summed E-state index contributed by atoms with van der Waals surface area (Å²) >= 11 is 5.46. The van der Waals surface area contributed by atoms with Gasteiger partial charge in [0.05, 0.1) is 28.3 Å². The third-order valence-corrected chi connectivity index (χ3v) is 9.05. The number of aromatic hydroxyl groups is 1. The van der Waals surface area contributed by atoms with Crippen molar-refractivity contribution in [3.8, 4) is 5.75 Å². The van der Waals surface area contributed by atoms with Gasteiger partial charge in [0.2, 0.25) is 5.91 Å². The number of benzene rings is 1. The van der Waals surface area contributed by atoms with E-state index in [1.807, 2.05) is 20.8 Å². The molecule has 3 unspecified atom stereocenters. The van der Waals surface area contributed by atoms with Gasteiger partial charge in [-0.15, -0.1) is 0 Å². The highest BCUT2D eigenvalue weighted by Crippen LogP contribution is 2.53. The Bertz CT molecular complexity index is 1360. The lowest BCUT2D eigenvalue weighted by Gasteiger charge is -2.55. The zero-order chi connectivity index (χ0) is 31.6. The number of aliphatic hydroxyl groups excluding tert-OH is 1. The monoisotopic (exact) mass is 603 g/mol. The molecule has 42 heavy (non-hydrogen) atoms. The van der Waals surface area contributed by atoms with Crippen LogP contribution in [0, 0.1) is 23.7 Å². The number of fused-ring (bicyclic) bond motifs is 3. The molecule has 0 radical (unpaired) electrons. The molecule has 3 aliphatic rings. The Morgan fingerprint density at radius 3 is 2.31 bits per heavy atom. The molecule has 7 atom stereocenters. The van der Waals surface area contributed by atoms with E-state index in [2.05, 4.69) is 10.6 Å². The predicted molar refractivity (Wildman–Crippen MR) is 161 cm³/mol. The molecule has 2 saturated carbocycles. The highest BCUT2D eigenvalue weighted by molar-refractivity contribution is 7.80. The Balaban J connectivity index is 1.81. The Hall–Kier alpha value is -2.97. The number of hydrogen-bond acceptors (Lipinski definition) is 11. The summed E-state index contributed by atoms with van der Waals surface area (Å²) < 4.78 is 0. The van der Waals surface area contributed by atoms with Gasteiger partial charge in [0, 0.05) is 43.8 Å². The molecule has 0 heterocycles. The van der Waals surface area contributed by atoms with E-state index in [-0.39, 0.29) is 35.4 Å². The molecule has 3 aliphatic carbocycles. The second-order valence-corrected chi connectivity index (χ2v) is 13.7. The van der Waals surface area contributed by atoms with Crippen LogP contribution in [0.15, 0.2) is 6.07 Å². The van der Waals surface area contributed by atoms with Crippen LogP contribution in [0.4, 0.5) is 11.4 Å². The summed E-state index contributed by atoms with van der Waals surface area (Å²) in [6.07, 6.45) is -1.30. The van der Waals surface area contributed by atoms with Crippen LogP contribution >= 0.6 is 12.2 Å². The minimum absolute atomic E-state index is 0.0470. The first-order valence-electron chi connectivity index (χ1n) is 13.9. The highest BCUT2D eigenvalue weighted by Gasteiger charge is 2.69. The minimum Gasteiger partial charge on any atom is -0.505 e. The first-order chi connectivity index (χ1) is 19.3. The average molecular weight is 604 g/mol. The van der Waals surface area contributed by atoms with Crippen LogP contribution in [0.25, 0.3) is 0 Å². The van der Waals surface area contributed by atoms with Gasteiger partial charge in [0.25, 0.3) is 0 Å². The number of aliphatic hydroxyl groups is 2. The number of ketones is 3. The Morgan fingerprint density at radius 2 is 1.79 bits per heavy atom. The summed E-state index contributed by atoms with van der Waals surface area (Å²) in [7, 11) is 6.80. The molecule has 7 N–H and O–H groups in total. The summed E-state index contributed by atoms with van der Waals surface area (Å²) in [6.45, 7) is 6.25. The van der Waals surface area contributed by atoms with Crippen molar-refractivity contribution in [2.75, 3.05) is 45.0 Å². The zero-order valence-corrected chi connectivity index (χ0v) is 25.8. The zero-order valence-electron chi connectivity index (χ0n) is 25.0. The van der Waals surface area contributed by atoms with E-state index in [9.17, 15) is 34.5 Å².